The number of morpholine rings is 1. The number of hydrogen-bond donors (Lipinski definition) is 0. The van der Waals surface area contributed by atoms with E-state index in [-0.39, 0.29) is 6.04 Å². The Bertz CT molecular complexity index is 860. The first-order valence-corrected chi connectivity index (χ1v) is 9.81. The van der Waals surface area contributed by atoms with Gasteiger partial charge in [0, 0.05) is 13.1 Å². The third kappa shape index (κ3) is 2.92. The van der Waals surface area contributed by atoms with Crippen molar-refractivity contribution in [3.63, 3.8) is 0 Å². The molecule has 1 saturated heterocycles. The maximum atomic E-state index is 13.3. The van der Waals surface area contributed by atoms with Crippen LogP contribution in [0.5, 0.6) is 0 Å². The standard InChI is InChI=1S/C19H20N2O3S/c22-25(23,17-9-5-2-6-10-17)21-18(16-7-3-1-4-8-16)15-19(21)20-11-13-24-14-12-20/h1-10,15,18H,11-14H2. The van der Waals surface area contributed by atoms with E-state index in [9.17, 15) is 8.42 Å². The molecule has 0 amide bonds. The summed E-state index contributed by atoms with van der Waals surface area (Å²) >= 11 is 0. The van der Waals surface area contributed by atoms with Crippen LogP contribution >= 0.6 is 0 Å². The van der Waals surface area contributed by atoms with Gasteiger partial charge in [0.05, 0.1) is 24.2 Å². The van der Waals surface area contributed by atoms with Gasteiger partial charge in [-0.15, -0.1) is 0 Å². The van der Waals surface area contributed by atoms with Gasteiger partial charge in [0.2, 0.25) is 0 Å². The zero-order valence-electron chi connectivity index (χ0n) is 13.8. The Morgan fingerprint density at radius 3 is 2.12 bits per heavy atom. The molecular formula is C19H20N2O3S. The Morgan fingerprint density at radius 2 is 1.48 bits per heavy atom. The van der Waals surface area contributed by atoms with E-state index in [1.807, 2.05) is 42.5 Å². The molecule has 2 heterocycles. The van der Waals surface area contributed by atoms with Crippen molar-refractivity contribution in [2.75, 3.05) is 26.3 Å². The third-order valence-corrected chi connectivity index (χ3v) is 6.36. The molecule has 1 fully saturated rings. The molecule has 0 aliphatic carbocycles. The minimum atomic E-state index is -3.62. The smallest absolute Gasteiger partial charge is 0.266 e. The van der Waals surface area contributed by atoms with Crippen molar-refractivity contribution in [2.45, 2.75) is 10.9 Å². The van der Waals surface area contributed by atoms with Crippen molar-refractivity contribution in [1.82, 2.24) is 9.21 Å². The average molecular weight is 356 g/mol. The van der Waals surface area contributed by atoms with E-state index in [4.69, 9.17) is 4.74 Å². The summed E-state index contributed by atoms with van der Waals surface area (Å²) < 4.78 is 33.5. The second-order valence-corrected chi connectivity index (χ2v) is 7.91. The number of sulfonamides is 1. The molecule has 0 saturated carbocycles. The molecule has 2 aromatic carbocycles. The number of rotatable bonds is 4. The lowest BCUT2D eigenvalue weighted by atomic mass is 10.0. The quantitative estimate of drug-likeness (QED) is 0.845. The average Bonchev–Trinajstić information content (AvgIpc) is 2.63. The van der Waals surface area contributed by atoms with E-state index in [1.54, 1.807) is 28.6 Å². The van der Waals surface area contributed by atoms with Crippen LogP contribution in [0.4, 0.5) is 0 Å². The van der Waals surface area contributed by atoms with Crippen LogP contribution in [0.15, 0.2) is 77.5 Å². The van der Waals surface area contributed by atoms with Gasteiger partial charge < -0.3 is 9.64 Å². The second kappa shape index (κ2) is 6.54. The lowest BCUT2D eigenvalue weighted by molar-refractivity contribution is 0.0371. The fraction of sp³-hybridized carbons (Fsp3) is 0.263. The number of hydrogen-bond acceptors (Lipinski definition) is 4. The zero-order valence-corrected chi connectivity index (χ0v) is 14.6. The Morgan fingerprint density at radius 1 is 0.880 bits per heavy atom. The molecule has 4 rings (SSSR count). The van der Waals surface area contributed by atoms with Crippen LogP contribution in [0.2, 0.25) is 0 Å². The molecule has 0 radical (unpaired) electrons. The highest BCUT2D eigenvalue weighted by Gasteiger charge is 2.42. The van der Waals surface area contributed by atoms with Gasteiger partial charge in [0.15, 0.2) is 0 Å². The normalized spacial score (nSPS) is 20.8. The molecule has 2 aliphatic heterocycles. The summed E-state index contributed by atoms with van der Waals surface area (Å²) in [6, 6.07) is 18.1. The van der Waals surface area contributed by atoms with Gasteiger partial charge in [0.1, 0.15) is 5.82 Å². The van der Waals surface area contributed by atoms with Gasteiger partial charge in [-0.1, -0.05) is 48.5 Å². The van der Waals surface area contributed by atoms with Crippen molar-refractivity contribution < 1.29 is 13.2 Å². The molecule has 1 atom stereocenters. The number of nitrogens with zero attached hydrogens (tertiary/aromatic N) is 2. The van der Waals surface area contributed by atoms with E-state index in [2.05, 4.69) is 4.90 Å². The molecule has 1 unspecified atom stereocenters. The van der Waals surface area contributed by atoms with Crippen LogP contribution in [0.25, 0.3) is 0 Å². The molecule has 130 valence electrons. The molecule has 25 heavy (non-hydrogen) atoms. The molecule has 6 heteroatoms. The number of ether oxygens (including phenoxy) is 1. The first kappa shape index (κ1) is 16.2. The first-order chi connectivity index (χ1) is 12.2. The van der Waals surface area contributed by atoms with Gasteiger partial charge in [-0.05, 0) is 23.8 Å². The Kier molecular flexibility index (Phi) is 4.23. The van der Waals surface area contributed by atoms with Gasteiger partial charge in [-0.25, -0.2) is 12.7 Å². The van der Waals surface area contributed by atoms with Crippen LogP contribution in [0, 0.1) is 0 Å². The number of benzene rings is 2. The highest BCUT2D eigenvalue weighted by molar-refractivity contribution is 7.89. The van der Waals surface area contributed by atoms with E-state index in [0.29, 0.717) is 31.2 Å². The molecule has 0 N–H and O–H groups in total. The van der Waals surface area contributed by atoms with E-state index < -0.39 is 10.0 Å². The minimum Gasteiger partial charge on any atom is -0.378 e. The highest BCUT2D eigenvalue weighted by atomic mass is 32.2. The van der Waals surface area contributed by atoms with Crippen LogP contribution in [-0.2, 0) is 14.8 Å². The lowest BCUT2D eigenvalue weighted by Gasteiger charge is -2.46. The lowest BCUT2D eigenvalue weighted by Crippen LogP contribution is -2.50. The molecule has 2 aromatic rings. The minimum absolute atomic E-state index is 0.274. The van der Waals surface area contributed by atoms with E-state index in [1.165, 1.54) is 0 Å². The van der Waals surface area contributed by atoms with Crippen LogP contribution in [-0.4, -0.2) is 43.9 Å². The maximum absolute atomic E-state index is 13.3. The molecular weight excluding hydrogens is 336 g/mol. The van der Waals surface area contributed by atoms with Gasteiger partial charge in [-0.3, -0.25) is 0 Å². The summed E-state index contributed by atoms with van der Waals surface area (Å²) in [6.07, 6.45) is 2.03. The predicted molar refractivity (Wildman–Crippen MR) is 95.1 cm³/mol. The van der Waals surface area contributed by atoms with Gasteiger partial charge in [-0.2, -0.15) is 0 Å². The summed E-state index contributed by atoms with van der Waals surface area (Å²) in [7, 11) is -3.62. The van der Waals surface area contributed by atoms with E-state index >= 15 is 0 Å². The van der Waals surface area contributed by atoms with Crippen molar-refractivity contribution in [2.24, 2.45) is 0 Å². The summed E-state index contributed by atoms with van der Waals surface area (Å²) in [5.74, 6) is 0.751. The summed E-state index contributed by atoms with van der Waals surface area (Å²) in [6.45, 7) is 2.64. The van der Waals surface area contributed by atoms with E-state index in [0.717, 1.165) is 11.4 Å². The van der Waals surface area contributed by atoms with Crippen molar-refractivity contribution in [3.05, 3.63) is 78.1 Å². The molecule has 2 aliphatic rings. The molecule has 0 bridgehead atoms. The fourth-order valence-corrected chi connectivity index (χ4v) is 4.87. The molecule has 5 nitrogen and oxygen atoms in total. The van der Waals surface area contributed by atoms with Crippen molar-refractivity contribution >= 4 is 10.0 Å². The largest absolute Gasteiger partial charge is 0.378 e. The Hall–Kier alpha value is -2.31. The Labute approximate surface area is 148 Å². The maximum Gasteiger partial charge on any atom is 0.266 e. The molecule has 0 aromatic heterocycles. The topological polar surface area (TPSA) is 49.9 Å². The summed E-state index contributed by atoms with van der Waals surface area (Å²) in [5.41, 5.74) is 0.971. The Balaban J connectivity index is 1.74. The van der Waals surface area contributed by atoms with Crippen LogP contribution in [0.1, 0.15) is 11.6 Å². The van der Waals surface area contributed by atoms with Gasteiger partial charge in [0.25, 0.3) is 10.0 Å². The third-order valence-electron chi connectivity index (χ3n) is 4.56. The summed E-state index contributed by atoms with van der Waals surface area (Å²) in [4.78, 5) is 2.40. The van der Waals surface area contributed by atoms with Gasteiger partial charge >= 0.3 is 0 Å². The SMILES string of the molecule is O=S(=O)(c1ccccc1)N1C(N2CCOCC2)=CC1c1ccccc1. The zero-order chi connectivity index (χ0) is 17.3. The predicted octanol–water partition coefficient (Wildman–Crippen LogP) is 2.61. The highest BCUT2D eigenvalue weighted by Crippen LogP contribution is 2.42. The van der Waals surface area contributed by atoms with Crippen LogP contribution < -0.4 is 0 Å². The first-order valence-electron chi connectivity index (χ1n) is 8.37. The fourth-order valence-electron chi connectivity index (χ4n) is 3.24. The summed E-state index contributed by atoms with van der Waals surface area (Å²) in [5, 5.41) is 0. The van der Waals surface area contributed by atoms with Crippen LogP contribution in [0.3, 0.4) is 0 Å². The van der Waals surface area contributed by atoms with Crippen molar-refractivity contribution in [1.29, 1.82) is 0 Å². The van der Waals surface area contributed by atoms with Crippen molar-refractivity contribution in [3.8, 4) is 0 Å². The monoisotopic (exact) mass is 356 g/mol. The molecule has 0 spiro atoms. The second-order valence-electron chi connectivity index (χ2n) is 6.09.